The number of likely N-dealkylation sites (N-methyl/N-ethyl adjacent to an activating group) is 1. The van der Waals surface area contributed by atoms with E-state index in [1.807, 2.05) is 37.2 Å². The molecule has 2 aromatic carbocycles. The molecule has 1 aliphatic heterocycles. The molecule has 1 aliphatic rings. The second kappa shape index (κ2) is 9.52. The number of fused-ring (bicyclic) bond motifs is 1. The van der Waals surface area contributed by atoms with Gasteiger partial charge in [-0.05, 0) is 43.9 Å². The summed E-state index contributed by atoms with van der Waals surface area (Å²) in [6.45, 7) is 0.641. The molecule has 3 rings (SSSR count). The molecular weight excluding hydrogens is 384 g/mol. The number of nitrogens with one attached hydrogen (secondary N) is 1. The van der Waals surface area contributed by atoms with E-state index in [0.29, 0.717) is 23.6 Å². The van der Waals surface area contributed by atoms with Crippen molar-refractivity contribution in [3.05, 3.63) is 47.5 Å². The largest absolute Gasteiger partial charge is 0.496 e. The van der Waals surface area contributed by atoms with E-state index in [4.69, 9.17) is 18.9 Å². The Balaban J connectivity index is 0.00000280. The average molecular weight is 409 g/mol. The van der Waals surface area contributed by atoms with E-state index in [2.05, 4.69) is 5.32 Å². The van der Waals surface area contributed by atoms with E-state index in [-0.39, 0.29) is 31.1 Å². The molecule has 28 heavy (non-hydrogen) atoms. The molecule has 2 aromatic rings. The van der Waals surface area contributed by atoms with Crippen LogP contribution in [0.25, 0.3) is 0 Å². The molecule has 0 fully saturated rings. The lowest BCUT2D eigenvalue weighted by molar-refractivity contribution is 0.0935. The minimum absolute atomic E-state index is 0. The summed E-state index contributed by atoms with van der Waals surface area (Å²) in [6, 6.07) is 11.0. The Kier molecular flexibility index (Phi) is 7.37. The van der Waals surface area contributed by atoms with Gasteiger partial charge in [0.2, 0.25) is 6.79 Å². The van der Waals surface area contributed by atoms with Gasteiger partial charge in [-0.25, -0.2) is 0 Å². The highest BCUT2D eigenvalue weighted by molar-refractivity contribution is 5.99. The molecule has 1 heterocycles. The first-order valence-corrected chi connectivity index (χ1v) is 8.60. The highest BCUT2D eigenvalue weighted by Crippen LogP contribution is 2.35. The number of carbonyl (C=O) groups is 1. The van der Waals surface area contributed by atoms with E-state index in [9.17, 15) is 4.79 Å². The van der Waals surface area contributed by atoms with Gasteiger partial charge in [0, 0.05) is 6.54 Å². The predicted octanol–water partition coefficient (Wildman–Crippen LogP) is 2.89. The van der Waals surface area contributed by atoms with Gasteiger partial charge in [-0.1, -0.05) is 12.1 Å². The summed E-state index contributed by atoms with van der Waals surface area (Å²) in [7, 11) is 6.98. The molecule has 0 saturated carbocycles. The van der Waals surface area contributed by atoms with Crippen LogP contribution in [0.4, 0.5) is 0 Å². The van der Waals surface area contributed by atoms with Gasteiger partial charge in [0.15, 0.2) is 11.5 Å². The summed E-state index contributed by atoms with van der Waals surface area (Å²) in [5.74, 6) is 2.14. The fourth-order valence-electron chi connectivity index (χ4n) is 3.07. The van der Waals surface area contributed by atoms with Gasteiger partial charge in [0.05, 0.1) is 20.3 Å². The monoisotopic (exact) mass is 408 g/mol. The van der Waals surface area contributed by atoms with Crippen LogP contribution in [0.15, 0.2) is 36.4 Å². The number of ether oxygens (including phenoxy) is 4. The van der Waals surface area contributed by atoms with Crippen molar-refractivity contribution in [3.63, 3.8) is 0 Å². The number of amides is 1. The smallest absolute Gasteiger partial charge is 0.258 e. The summed E-state index contributed by atoms with van der Waals surface area (Å²) in [5.41, 5.74) is 1.40. The Morgan fingerprint density at radius 2 is 1.75 bits per heavy atom. The highest BCUT2D eigenvalue weighted by Gasteiger charge is 2.22. The summed E-state index contributed by atoms with van der Waals surface area (Å²) < 4.78 is 21.5. The average Bonchev–Trinajstić information content (AvgIpc) is 3.14. The summed E-state index contributed by atoms with van der Waals surface area (Å²) >= 11 is 0. The molecule has 0 aliphatic carbocycles. The third-order valence-electron chi connectivity index (χ3n) is 4.52. The number of rotatable bonds is 7. The molecule has 152 valence electrons. The third kappa shape index (κ3) is 4.43. The lowest BCUT2D eigenvalue weighted by atomic mass is 10.0. The number of hydrogen-bond acceptors (Lipinski definition) is 6. The second-order valence-corrected chi connectivity index (χ2v) is 6.34. The SMILES string of the molecule is COc1cccc(OC)c1C(=O)NCC(c1ccc2c(c1)OCO2)N(C)C.Cl. The molecular formula is C20H25ClN2O5. The van der Waals surface area contributed by atoms with Gasteiger partial charge >= 0.3 is 0 Å². The van der Waals surface area contributed by atoms with Crippen molar-refractivity contribution in [2.75, 3.05) is 41.7 Å². The van der Waals surface area contributed by atoms with Gasteiger partial charge in [-0.3, -0.25) is 4.79 Å². The van der Waals surface area contributed by atoms with Crippen LogP contribution in [0.3, 0.4) is 0 Å². The van der Waals surface area contributed by atoms with Gasteiger partial charge in [0.25, 0.3) is 5.91 Å². The van der Waals surface area contributed by atoms with Crippen LogP contribution in [-0.4, -0.2) is 52.5 Å². The van der Waals surface area contributed by atoms with Crippen molar-refractivity contribution in [2.45, 2.75) is 6.04 Å². The molecule has 0 spiro atoms. The Morgan fingerprint density at radius 3 is 2.36 bits per heavy atom. The van der Waals surface area contributed by atoms with Gasteiger partial charge in [-0.15, -0.1) is 12.4 Å². The normalized spacial score (nSPS) is 12.9. The van der Waals surface area contributed by atoms with Crippen LogP contribution in [0.2, 0.25) is 0 Å². The Labute approximate surface area is 170 Å². The van der Waals surface area contributed by atoms with E-state index < -0.39 is 0 Å². The maximum atomic E-state index is 12.8. The maximum Gasteiger partial charge on any atom is 0.258 e. The van der Waals surface area contributed by atoms with Crippen LogP contribution in [0.1, 0.15) is 22.0 Å². The zero-order valence-corrected chi connectivity index (χ0v) is 17.2. The lowest BCUT2D eigenvalue weighted by Crippen LogP contribution is -2.34. The first-order chi connectivity index (χ1) is 13.0. The van der Waals surface area contributed by atoms with Gasteiger partial charge in [0.1, 0.15) is 17.1 Å². The standard InChI is InChI=1S/C20H24N2O5.ClH/c1-22(2)14(13-8-9-15-18(10-13)27-12-26-15)11-21-20(23)19-16(24-3)6-5-7-17(19)25-4;/h5-10,14H,11-12H2,1-4H3,(H,21,23);1H. The van der Waals surface area contributed by atoms with Crippen LogP contribution in [0, 0.1) is 0 Å². The number of hydrogen-bond donors (Lipinski definition) is 1. The van der Waals surface area contributed by atoms with Crippen LogP contribution in [-0.2, 0) is 0 Å². The molecule has 7 nitrogen and oxygen atoms in total. The minimum atomic E-state index is -0.253. The Morgan fingerprint density at radius 1 is 1.11 bits per heavy atom. The molecule has 0 radical (unpaired) electrons. The number of benzene rings is 2. The summed E-state index contributed by atoms with van der Waals surface area (Å²) in [5, 5.41) is 2.98. The van der Waals surface area contributed by atoms with Crippen LogP contribution >= 0.6 is 12.4 Å². The fraction of sp³-hybridized carbons (Fsp3) is 0.350. The zero-order valence-electron chi connectivity index (χ0n) is 16.4. The predicted molar refractivity (Wildman–Crippen MR) is 108 cm³/mol. The number of methoxy groups -OCH3 is 2. The van der Waals surface area contributed by atoms with E-state index in [0.717, 1.165) is 17.1 Å². The lowest BCUT2D eigenvalue weighted by Gasteiger charge is -2.25. The van der Waals surface area contributed by atoms with E-state index in [1.54, 1.807) is 18.2 Å². The molecule has 1 N–H and O–H groups in total. The first kappa shape index (κ1) is 21.7. The summed E-state index contributed by atoms with van der Waals surface area (Å²) in [6.07, 6.45) is 0. The van der Waals surface area contributed by atoms with Crippen molar-refractivity contribution in [3.8, 4) is 23.0 Å². The van der Waals surface area contributed by atoms with Crippen LogP contribution in [0.5, 0.6) is 23.0 Å². The van der Waals surface area contributed by atoms with Crippen molar-refractivity contribution in [1.29, 1.82) is 0 Å². The third-order valence-corrected chi connectivity index (χ3v) is 4.52. The van der Waals surface area contributed by atoms with Crippen molar-refractivity contribution in [1.82, 2.24) is 10.2 Å². The topological polar surface area (TPSA) is 69.3 Å². The number of carbonyl (C=O) groups excluding carboxylic acids is 1. The van der Waals surface area contributed by atoms with Crippen molar-refractivity contribution < 1.29 is 23.7 Å². The van der Waals surface area contributed by atoms with Crippen molar-refractivity contribution in [2.24, 2.45) is 0 Å². The number of nitrogens with zero attached hydrogens (tertiary/aromatic N) is 1. The summed E-state index contributed by atoms with van der Waals surface area (Å²) in [4.78, 5) is 14.9. The second-order valence-electron chi connectivity index (χ2n) is 6.34. The quantitative estimate of drug-likeness (QED) is 0.759. The Bertz CT molecular complexity index is 806. The number of halogens is 1. The zero-order chi connectivity index (χ0) is 19.4. The highest BCUT2D eigenvalue weighted by atomic mass is 35.5. The van der Waals surface area contributed by atoms with Gasteiger partial charge in [-0.2, -0.15) is 0 Å². The molecule has 0 saturated heterocycles. The first-order valence-electron chi connectivity index (χ1n) is 8.60. The minimum Gasteiger partial charge on any atom is -0.496 e. The molecule has 1 atom stereocenters. The molecule has 1 amide bonds. The molecule has 0 bridgehead atoms. The van der Waals surface area contributed by atoms with Gasteiger partial charge < -0.3 is 29.2 Å². The van der Waals surface area contributed by atoms with Crippen molar-refractivity contribution >= 4 is 18.3 Å². The molecule has 0 aromatic heterocycles. The van der Waals surface area contributed by atoms with Crippen LogP contribution < -0.4 is 24.3 Å². The Hall–Kier alpha value is -2.64. The van der Waals surface area contributed by atoms with E-state index >= 15 is 0 Å². The fourth-order valence-corrected chi connectivity index (χ4v) is 3.07. The molecule has 8 heteroatoms. The maximum absolute atomic E-state index is 12.8. The molecule has 1 unspecified atom stereocenters. The van der Waals surface area contributed by atoms with E-state index in [1.165, 1.54) is 14.2 Å².